The molecule has 0 aliphatic carbocycles. The Morgan fingerprint density at radius 1 is 1.28 bits per heavy atom. The van der Waals surface area contributed by atoms with Gasteiger partial charge >= 0.3 is 0 Å². The lowest BCUT2D eigenvalue weighted by atomic mass is 9.97. The van der Waals surface area contributed by atoms with Crippen molar-refractivity contribution in [1.82, 2.24) is 9.44 Å². The Labute approximate surface area is 112 Å². The minimum atomic E-state index is -3.57. The van der Waals surface area contributed by atoms with Gasteiger partial charge in [-0.15, -0.1) is 0 Å². The Hall–Kier alpha value is -0.660. The van der Waals surface area contributed by atoms with E-state index in [9.17, 15) is 13.5 Å². The van der Waals surface area contributed by atoms with Crippen LogP contribution in [0.25, 0.3) is 0 Å². The van der Waals surface area contributed by atoms with Crippen LogP contribution in [-0.4, -0.2) is 26.6 Å². The van der Waals surface area contributed by atoms with Gasteiger partial charge in [0.25, 0.3) is 10.2 Å². The molecule has 3 N–H and O–H groups in total. The average molecular weight is 293 g/mol. The quantitative estimate of drug-likeness (QED) is 0.732. The highest BCUT2D eigenvalue weighted by Gasteiger charge is 2.25. The number of nitrogens with one attached hydrogen (secondary N) is 2. The summed E-state index contributed by atoms with van der Waals surface area (Å²) in [5.41, 5.74) is -0.710. The first-order valence-corrected chi connectivity index (χ1v) is 7.35. The van der Waals surface area contributed by atoms with E-state index in [0.29, 0.717) is 17.1 Å². The minimum Gasteiger partial charge on any atom is -0.384 e. The maximum atomic E-state index is 11.4. The SMILES string of the molecule is CCNS(=O)(=O)NCC(C)(O)c1ccc(Cl)cc1. The molecule has 0 heterocycles. The molecule has 0 aliphatic heterocycles. The third-order valence-electron chi connectivity index (χ3n) is 2.41. The lowest BCUT2D eigenvalue weighted by Crippen LogP contribution is -2.43. The first kappa shape index (κ1) is 15.4. The van der Waals surface area contributed by atoms with Crippen molar-refractivity contribution in [2.45, 2.75) is 19.4 Å². The molecule has 1 rings (SSSR count). The lowest BCUT2D eigenvalue weighted by molar-refractivity contribution is 0.0626. The van der Waals surface area contributed by atoms with Crippen molar-refractivity contribution < 1.29 is 13.5 Å². The summed E-state index contributed by atoms with van der Waals surface area (Å²) in [6.07, 6.45) is 0. The number of hydrogen-bond donors (Lipinski definition) is 3. The zero-order valence-corrected chi connectivity index (χ0v) is 11.8. The van der Waals surface area contributed by atoms with Gasteiger partial charge in [-0.2, -0.15) is 13.1 Å². The van der Waals surface area contributed by atoms with E-state index in [-0.39, 0.29) is 6.54 Å². The highest BCUT2D eigenvalue weighted by atomic mass is 35.5. The van der Waals surface area contributed by atoms with Gasteiger partial charge in [-0.1, -0.05) is 30.7 Å². The van der Waals surface area contributed by atoms with Crippen LogP contribution >= 0.6 is 11.6 Å². The number of aliphatic hydroxyl groups is 1. The zero-order chi connectivity index (χ0) is 13.8. The van der Waals surface area contributed by atoms with Crippen molar-refractivity contribution in [2.24, 2.45) is 0 Å². The van der Waals surface area contributed by atoms with Gasteiger partial charge in [-0.3, -0.25) is 0 Å². The number of benzene rings is 1. The molecule has 18 heavy (non-hydrogen) atoms. The molecule has 0 fully saturated rings. The van der Waals surface area contributed by atoms with Crippen LogP contribution in [0.3, 0.4) is 0 Å². The highest BCUT2D eigenvalue weighted by molar-refractivity contribution is 7.87. The first-order valence-electron chi connectivity index (χ1n) is 5.49. The fourth-order valence-corrected chi connectivity index (χ4v) is 2.47. The molecule has 0 bridgehead atoms. The number of halogens is 1. The zero-order valence-electron chi connectivity index (χ0n) is 10.3. The summed E-state index contributed by atoms with van der Waals surface area (Å²) in [6.45, 7) is 3.38. The molecule has 0 saturated carbocycles. The van der Waals surface area contributed by atoms with E-state index in [0.717, 1.165) is 0 Å². The fourth-order valence-electron chi connectivity index (χ4n) is 1.39. The van der Waals surface area contributed by atoms with Crippen LogP contribution in [0.2, 0.25) is 5.02 Å². The van der Waals surface area contributed by atoms with Gasteiger partial charge in [0.15, 0.2) is 0 Å². The summed E-state index contributed by atoms with van der Waals surface area (Å²) in [7, 11) is -3.57. The Morgan fingerprint density at radius 3 is 2.33 bits per heavy atom. The molecule has 1 aromatic rings. The van der Waals surface area contributed by atoms with Gasteiger partial charge in [-0.25, -0.2) is 4.72 Å². The van der Waals surface area contributed by atoms with Crippen LogP contribution in [0, 0.1) is 0 Å². The molecule has 5 nitrogen and oxygen atoms in total. The molecule has 1 unspecified atom stereocenters. The molecule has 1 atom stereocenters. The molecule has 0 saturated heterocycles. The van der Waals surface area contributed by atoms with Crippen molar-refractivity contribution >= 4 is 21.8 Å². The van der Waals surface area contributed by atoms with E-state index >= 15 is 0 Å². The number of rotatable bonds is 6. The molecule has 7 heteroatoms. The molecular weight excluding hydrogens is 276 g/mol. The standard InChI is InChI=1S/C11H17ClN2O3S/c1-3-13-18(16,17)14-8-11(2,15)9-4-6-10(12)7-5-9/h4-7,13-15H,3,8H2,1-2H3. The summed E-state index contributed by atoms with van der Waals surface area (Å²) in [5, 5.41) is 10.8. The monoisotopic (exact) mass is 292 g/mol. The smallest absolute Gasteiger partial charge is 0.277 e. The van der Waals surface area contributed by atoms with Crippen LogP contribution in [0.15, 0.2) is 24.3 Å². The predicted molar refractivity (Wildman–Crippen MR) is 71.6 cm³/mol. The minimum absolute atomic E-state index is 0.121. The van der Waals surface area contributed by atoms with Crippen LogP contribution in [0.5, 0.6) is 0 Å². The van der Waals surface area contributed by atoms with Crippen LogP contribution in [0.1, 0.15) is 19.4 Å². The third kappa shape index (κ3) is 4.55. The van der Waals surface area contributed by atoms with Gasteiger partial charge in [0.1, 0.15) is 5.60 Å². The molecule has 102 valence electrons. The molecule has 0 aliphatic rings. The average Bonchev–Trinajstić information content (AvgIpc) is 2.27. The van der Waals surface area contributed by atoms with Crippen LogP contribution in [-0.2, 0) is 15.8 Å². The van der Waals surface area contributed by atoms with E-state index in [2.05, 4.69) is 9.44 Å². The third-order valence-corrected chi connectivity index (χ3v) is 3.85. The van der Waals surface area contributed by atoms with Crippen LogP contribution in [0.4, 0.5) is 0 Å². The summed E-state index contributed by atoms with van der Waals surface area (Å²) in [4.78, 5) is 0. The topological polar surface area (TPSA) is 78.4 Å². The Morgan fingerprint density at radius 2 is 1.83 bits per heavy atom. The molecule has 0 spiro atoms. The summed E-state index contributed by atoms with van der Waals surface area (Å²) in [5.74, 6) is 0. The molecule has 0 amide bonds. The van der Waals surface area contributed by atoms with Gasteiger partial charge in [0, 0.05) is 18.1 Å². The Balaban J connectivity index is 2.73. The fraction of sp³-hybridized carbons (Fsp3) is 0.455. The van der Waals surface area contributed by atoms with E-state index in [4.69, 9.17) is 11.6 Å². The van der Waals surface area contributed by atoms with E-state index in [1.54, 1.807) is 31.2 Å². The van der Waals surface area contributed by atoms with Gasteiger partial charge in [-0.05, 0) is 24.6 Å². The van der Waals surface area contributed by atoms with Crippen molar-refractivity contribution in [3.05, 3.63) is 34.9 Å². The van der Waals surface area contributed by atoms with E-state index in [1.807, 2.05) is 0 Å². The van der Waals surface area contributed by atoms with Crippen molar-refractivity contribution in [3.8, 4) is 0 Å². The van der Waals surface area contributed by atoms with Gasteiger partial charge < -0.3 is 5.11 Å². The highest BCUT2D eigenvalue weighted by Crippen LogP contribution is 2.21. The second-order valence-corrected chi connectivity index (χ2v) is 6.12. The van der Waals surface area contributed by atoms with Crippen molar-refractivity contribution in [2.75, 3.05) is 13.1 Å². The van der Waals surface area contributed by atoms with E-state index in [1.165, 1.54) is 6.92 Å². The van der Waals surface area contributed by atoms with Crippen molar-refractivity contribution in [1.29, 1.82) is 0 Å². The lowest BCUT2D eigenvalue weighted by Gasteiger charge is -2.24. The summed E-state index contributed by atoms with van der Waals surface area (Å²) in [6, 6.07) is 6.60. The Bertz CT molecular complexity index is 486. The van der Waals surface area contributed by atoms with Crippen LogP contribution < -0.4 is 9.44 Å². The maximum Gasteiger partial charge on any atom is 0.277 e. The predicted octanol–water partition coefficient (Wildman–Crippen LogP) is 0.991. The maximum absolute atomic E-state index is 11.4. The second kappa shape index (κ2) is 5.99. The first-order chi connectivity index (χ1) is 8.27. The van der Waals surface area contributed by atoms with Gasteiger partial charge in [0.2, 0.25) is 0 Å². The van der Waals surface area contributed by atoms with Crippen molar-refractivity contribution in [3.63, 3.8) is 0 Å². The molecular formula is C11H17ClN2O3S. The Kier molecular flexibility index (Phi) is 5.12. The second-order valence-electron chi connectivity index (χ2n) is 4.10. The summed E-state index contributed by atoms with van der Waals surface area (Å²) < 4.78 is 27.4. The summed E-state index contributed by atoms with van der Waals surface area (Å²) >= 11 is 5.75. The largest absolute Gasteiger partial charge is 0.384 e. The normalized spacial score (nSPS) is 15.3. The van der Waals surface area contributed by atoms with E-state index < -0.39 is 15.8 Å². The molecule has 0 aromatic heterocycles. The molecule has 1 aromatic carbocycles. The molecule has 0 radical (unpaired) electrons. The number of hydrogen-bond acceptors (Lipinski definition) is 3. The van der Waals surface area contributed by atoms with Gasteiger partial charge in [0.05, 0.1) is 0 Å².